The van der Waals surface area contributed by atoms with Gasteiger partial charge in [0.2, 0.25) is 0 Å². The lowest BCUT2D eigenvalue weighted by atomic mass is 10.1. The second-order valence-corrected chi connectivity index (χ2v) is 5.90. The fourth-order valence-electron chi connectivity index (χ4n) is 2.42. The monoisotopic (exact) mass is 273 g/mol. The molecule has 0 amide bonds. The Kier molecular flexibility index (Phi) is 3.53. The highest BCUT2D eigenvalue weighted by Crippen LogP contribution is 2.34. The Hall–Kier alpha value is -1.39. The summed E-state index contributed by atoms with van der Waals surface area (Å²) >= 11 is 1.75. The van der Waals surface area contributed by atoms with Crippen LogP contribution in [-0.4, -0.2) is 11.0 Å². The molecule has 0 aliphatic heterocycles. The van der Waals surface area contributed by atoms with Crippen molar-refractivity contribution in [2.24, 2.45) is 5.73 Å². The van der Waals surface area contributed by atoms with Gasteiger partial charge in [-0.2, -0.15) is 11.3 Å². The van der Waals surface area contributed by atoms with Gasteiger partial charge in [-0.15, -0.1) is 0 Å². The van der Waals surface area contributed by atoms with Gasteiger partial charge < -0.3 is 10.6 Å². The first-order valence-electron chi connectivity index (χ1n) is 6.72. The van der Waals surface area contributed by atoms with Gasteiger partial charge in [0, 0.05) is 30.9 Å². The molecule has 3 nitrogen and oxygen atoms in total. The number of pyridine rings is 1. The first kappa shape index (κ1) is 12.6. The second-order valence-electron chi connectivity index (χ2n) is 5.12. The van der Waals surface area contributed by atoms with Crippen molar-refractivity contribution in [2.75, 3.05) is 4.90 Å². The maximum atomic E-state index is 5.92. The molecule has 0 bridgehead atoms. The third-order valence-corrected chi connectivity index (χ3v) is 4.40. The topological polar surface area (TPSA) is 42.2 Å². The minimum Gasteiger partial charge on any atom is -0.349 e. The van der Waals surface area contributed by atoms with Crippen molar-refractivity contribution in [1.29, 1.82) is 0 Å². The highest BCUT2D eigenvalue weighted by molar-refractivity contribution is 7.07. The molecule has 0 spiro atoms. The van der Waals surface area contributed by atoms with Gasteiger partial charge in [0.15, 0.2) is 0 Å². The average Bonchev–Trinajstić information content (AvgIpc) is 3.13. The van der Waals surface area contributed by atoms with Gasteiger partial charge >= 0.3 is 0 Å². The summed E-state index contributed by atoms with van der Waals surface area (Å²) < 4.78 is 0. The molecule has 1 fully saturated rings. The molecular weight excluding hydrogens is 254 g/mol. The van der Waals surface area contributed by atoms with Crippen LogP contribution in [0.25, 0.3) is 0 Å². The third-order valence-electron chi connectivity index (χ3n) is 3.66. The number of aryl methyl sites for hydroxylation is 1. The maximum Gasteiger partial charge on any atom is 0.133 e. The number of rotatable bonds is 5. The van der Waals surface area contributed by atoms with E-state index in [2.05, 4.69) is 33.6 Å². The zero-order valence-electron chi connectivity index (χ0n) is 11.2. The minimum atomic E-state index is 0.557. The van der Waals surface area contributed by atoms with Crippen LogP contribution in [0.1, 0.15) is 29.5 Å². The van der Waals surface area contributed by atoms with Gasteiger partial charge in [-0.25, -0.2) is 4.98 Å². The lowest BCUT2D eigenvalue weighted by Gasteiger charge is -2.26. The number of nitrogens with zero attached hydrogens (tertiary/aromatic N) is 2. The maximum absolute atomic E-state index is 5.92. The molecule has 0 radical (unpaired) electrons. The zero-order chi connectivity index (χ0) is 13.2. The average molecular weight is 273 g/mol. The summed E-state index contributed by atoms with van der Waals surface area (Å²) in [6.07, 6.45) is 4.43. The SMILES string of the molecule is Cc1ccnc(N(Cc2ccsc2)C2CC2)c1CN. The van der Waals surface area contributed by atoms with Gasteiger partial charge in [-0.05, 0) is 53.8 Å². The van der Waals surface area contributed by atoms with Crippen molar-refractivity contribution in [3.05, 3.63) is 45.8 Å². The van der Waals surface area contributed by atoms with E-state index in [1.54, 1.807) is 11.3 Å². The Morgan fingerprint density at radius 2 is 2.26 bits per heavy atom. The Morgan fingerprint density at radius 1 is 1.42 bits per heavy atom. The predicted octanol–water partition coefficient (Wildman–Crippen LogP) is 3.08. The van der Waals surface area contributed by atoms with Crippen molar-refractivity contribution in [3.8, 4) is 0 Å². The fourth-order valence-corrected chi connectivity index (χ4v) is 3.08. The summed E-state index contributed by atoms with van der Waals surface area (Å²) in [7, 11) is 0. The lowest BCUT2D eigenvalue weighted by molar-refractivity contribution is 0.768. The Morgan fingerprint density at radius 3 is 2.89 bits per heavy atom. The minimum absolute atomic E-state index is 0.557. The highest BCUT2D eigenvalue weighted by atomic mass is 32.1. The van der Waals surface area contributed by atoms with Crippen molar-refractivity contribution >= 4 is 17.2 Å². The quantitative estimate of drug-likeness (QED) is 0.910. The van der Waals surface area contributed by atoms with Crippen LogP contribution in [0, 0.1) is 6.92 Å². The lowest BCUT2D eigenvalue weighted by Crippen LogP contribution is -2.27. The number of hydrogen-bond donors (Lipinski definition) is 1. The van der Waals surface area contributed by atoms with Crippen LogP contribution in [0.5, 0.6) is 0 Å². The molecule has 100 valence electrons. The van der Waals surface area contributed by atoms with Gasteiger partial charge in [0.25, 0.3) is 0 Å². The van der Waals surface area contributed by atoms with E-state index in [1.165, 1.54) is 29.5 Å². The van der Waals surface area contributed by atoms with E-state index < -0.39 is 0 Å². The second kappa shape index (κ2) is 5.31. The van der Waals surface area contributed by atoms with Gasteiger partial charge in [-0.1, -0.05) is 0 Å². The fraction of sp³-hybridized carbons (Fsp3) is 0.400. The number of anilines is 1. The standard InChI is InChI=1S/C15H19N3S/c1-11-4-6-17-15(14(11)8-16)18(13-2-3-13)9-12-5-7-19-10-12/h4-7,10,13H,2-3,8-9,16H2,1H3. The molecule has 1 aliphatic rings. The van der Waals surface area contributed by atoms with E-state index in [9.17, 15) is 0 Å². The molecule has 2 aromatic heterocycles. The van der Waals surface area contributed by atoms with Gasteiger partial charge in [-0.3, -0.25) is 0 Å². The van der Waals surface area contributed by atoms with Crippen molar-refractivity contribution in [2.45, 2.75) is 38.9 Å². The van der Waals surface area contributed by atoms with Crippen LogP contribution in [0.4, 0.5) is 5.82 Å². The molecular formula is C15H19N3S. The molecule has 2 N–H and O–H groups in total. The first-order valence-corrected chi connectivity index (χ1v) is 7.66. The molecule has 3 rings (SSSR count). The van der Waals surface area contributed by atoms with E-state index in [-0.39, 0.29) is 0 Å². The normalized spacial score (nSPS) is 14.6. The summed E-state index contributed by atoms with van der Waals surface area (Å²) in [5, 5.41) is 4.35. The molecule has 1 aliphatic carbocycles. The molecule has 4 heteroatoms. The van der Waals surface area contributed by atoms with Crippen LogP contribution in [0.2, 0.25) is 0 Å². The number of hydrogen-bond acceptors (Lipinski definition) is 4. The number of thiophene rings is 1. The van der Waals surface area contributed by atoms with Crippen LogP contribution < -0.4 is 10.6 Å². The predicted molar refractivity (Wildman–Crippen MR) is 80.4 cm³/mol. The molecule has 19 heavy (non-hydrogen) atoms. The van der Waals surface area contributed by atoms with Crippen molar-refractivity contribution in [1.82, 2.24) is 4.98 Å². The molecule has 0 aromatic carbocycles. The summed E-state index contributed by atoms with van der Waals surface area (Å²) in [5.41, 5.74) is 9.71. The third kappa shape index (κ3) is 2.65. The largest absolute Gasteiger partial charge is 0.349 e. The Balaban J connectivity index is 1.94. The van der Waals surface area contributed by atoms with Crippen LogP contribution in [-0.2, 0) is 13.1 Å². The smallest absolute Gasteiger partial charge is 0.133 e. The Labute approximate surface area is 118 Å². The van der Waals surface area contributed by atoms with Gasteiger partial charge in [0.1, 0.15) is 5.82 Å². The molecule has 1 saturated carbocycles. The summed E-state index contributed by atoms with van der Waals surface area (Å²) in [5.74, 6) is 1.08. The first-order chi connectivity index (χ1) is 9.29. The summed E-state index contributed by atoms with van der Waals surface area (Å²) in [6.45, 7) is 3.61. The summed E-state index contributed by atoms with van der Waals surface area (Å²) in [6, 6.07) is 4.87. The van der Waals surface area contributed by atoms with E-state index in [0.29, 0.717) is 12.6 Å². The number of nitrogens with two attached hydrogens (primary N) is 1. The molecule has 2 aromatic rings. The zero-order valence-corrected chi connectivity index (χ0v) is 12.0. The van der Waals surface area contributed by atoms with Crippen LogP contribution in [0.3, 0.4) is 0 Å². The van der Waals surface area contributed by atoms with E-state index in [1.807, 2.05) is 12.3 Å². The van der Waals surface area contributed by atoms with Crippen molar-refractivity contribution in [3.63, 3.8) is 0 Å². The van der Waals surface area contributed by atoms with Crippen molar-refractivity contribution < 1.29 is 0 Å². The number of aromatic nitrogens is 1. The highest BCUT2D eigenvalue weighted by Gasteiger charge is 2.31. The van der Waals surface area contributed by atoms with E-state index >= 15 is 0 Å². The molecule has 2 heterocycles. The molecule has 0 atom stereocenters. The van der Waals surface area contributed by atoms with Crippen LogP contribution >= 0.6 is 11.3 Å². The van der Waals surface area contributed by atoms with Crippen LogP contribution in [0.15, 0.2) is 29.1 Å². The van der Waals surface area contributed by atoms with E-state index in [0.717, 1.165) is 12.4 Å². The summed E-state index contributed by atoms with van der Waals surface area (Å²) in [4.78, 5) is 7.03. The molecule has 0 unspecified atom stereocenters. The van der Waals surface area contributed by atoms with Gasteiger partial charge in [0.05, 0.1) is 0 Å². The molecule has 0 saturated heterocycles. The Bertz CT molecular complexity index is 547. The van der Waals surface area contributed by atoms with E-state index in [4.69, 9.17) is 5.73 Å².